The number of methoxy groups -OCH3 is 1. The highest BCUT2D eigenvalue weighted by molar-refractivity contribution is 5.87. The molecule has 2 atom stereocenters. The molecule has 2 aliphatic rings. The van der Waals surface area contributed by atoms with Crippen LogP contribution in [0.2, 0.25) is 0 Å². The quantitative estimate of drug-likeness (QED) is 0.547. The molecule has 2 heterocycles. The topological polar surface area (TPSA) is 51.2 Å². The number of hydrogen-bond acceptors (Lipinski definition) is 5. The third-order valence-corrected chi connectivity index (χ3v) is 5.67. The molecule has 1 aromatic rings. The van der Waals surface area contributed by atoms with Gasteiger partial charge >= 0.3 is 0 Å². The molecule has 0 saturated carbocycles. The summed E-state index contributed by atoms with van der Waals surface area (Å²) < 4.78 is 16.6. The maximum absolute atomic E-state index is 13.1. The minimum absolute atomic E-state index is 0.0956. The Labute approximate surface area is 173 Å². The Morgan fingerprint density at radius 2 is 2.14 bits per heavy atom. The molecule has 0 unspecified atom stereocenters. The molecule has 1 aromatic carbocycles. The van der Waals surface area contributed by atoms with Crippen molar-refractivity contribution >= 4 is 12.0 Å². The maximum Gasteiger partial charge on any atom is 0.260 e. The first-order valence-corrected chi connectivity index (χ1v) is 10.4. The largest absolute Gasteiger partial charge is 0.454 e. The third kappa shape index (κ3) is 4.49. The number of nitrogens with zero attached hydrogens (tertiary/aromatic N) is 2. The minimum Gasteiger partial charge on any atom is -0.454 e. The van der Waals surface area contributed by atoms with Gasteiger partial charge in [-0.05, 0) is 48.6 Å². The fourth-order valence-electron chi connectivity index (χ4n) is 4.26. The Morgan fingerprint density at radius 1 is 1.38 bits per heavy atom. The van der Waals surface area contributed by atoms with Crippen LogP contribution in [0.4, 0.5) is 0 Å². The Morgan fingerprint density at radius 3 is 2.79 bits per heavy atom. The van der Waals surface area contributed by atoms with Crippen LogP contribution in [-0.4, -0.2) is 49.0 Å². The number of amides is 1. The van der Waals surface area contributed by atoms with Gasteiger partial charge in [-0.15, -0.1) is 0 Å². The Bertz CT molecular complexity index is 749. The molecule has 0 aliphatic carbocycles. The zero-order chi connectivity index (χ0) is 20.8. The van der Waals surface area contributed by atoms with Crippen molar-refractivity contribution in [1.82, 2.24) is 10.0 Å². The predicted octanol–water partition coefficient (Wildman–Crippen LogP) is 4.33. The molecule has 1 saturated heterocycles. The van der Waals surface area contributed by atoms with Crippen molar-refractivity contribution in [2.45, 2.75) is 51.1 Å². The number of carbonyl (C=O) groups is 1. The third-order valence-electron chi connectivity index (χ3n) is 5.67. The fraction of sp³-hybridized carbons (Fsp3) is 0.522. The number of rotatable bonds is 10. The van der Waals surface area contributed by atoms with Crippen LogP contribution in [0.1, 0.15) is 56.2 Å². The molecule has 0 bridgehead atoms. The van der Waals surface area contributed by atoms with Crippen molar-refractivity contribution in [3.63, 3.8) is 0 Å². The van der Waals surface area contributed by atoms with Gasteiger partial charge in [-0.25, -0.2) is 5.01 Å². The molecule has 3 rings (SSSR count). The van der Waals surface area contributed by atoms with Crippen LogP contribution in [0.5, 0.6) is 11.5 Å². The summed E-state index contributed by atoms with van der Waals surface area (Å²) in [6.07, 6.45) is 8.15. The van der Waals surface area contributed by atoms with E-state index in [2.05, 4.69) is 25.1 Å². The van der Waals surface area contributed by atoms with E-state index in [0.717, 1.165) is 55.5 Å². The molecular formula is C23H32N2O4. The van der Waals surface area contributed by atoms with E-state index in [-0.39, 0.29) is 24.8 Å². The van der Waals surface area contributed by atoms with Crippen LogP contribution in [-0.2, 0) is 9.53 Å². The van der Waals surface area contributed by atoms with Gasteiger partial charge in [-0.3, -0.25) is 9.80 Å². The van der Waals surface area contributed by atoms with Crippen LogP contribution in [0.25, 0.3) is 6.08 Å². The molecule has 0 spiro atoms. The Hall–Kier alpha value is -2.31. The number of carbonyl (C=O) groups excluding carboxylic acids is 1. The summed E-state index contributed by atoms with van der Waals surface area (Å²) in [7, 11) is 1.71. The number of hydrogen-bond donors (Lipinski definition) is 0. The lowest BCUT2D eigenvalue weighted by Gasteiger charge is -2.41. The van der Waals surface area contributed by atoms with Gasteiger partial charge in [0.25, 0.3) is 5.91 Å². The van der Waals surface area contributed by atoms with Crippen LogP contribution >= 0.6 is 0 Å². The lowest BCUT2D eigenvalue weighted by Crippen LogP contribution is -2.51. The maximum atomic E-state index is 13.1. The second-order valence-electron chi connectivity index (χ2n) is 7.50. The normalized spacial score (nSPS) is 19.2. The van der Waals surface area contributed by atoms with Crippen molar-refractivity contribution in [1.29, 1.82) is 0 Å². The standard InChI is InChI=1S/C23H32N2O4/c1-5-8-11-20(19-14-22-21(28-16-29-22)13-17(19)6-2)25(23(26)7-3)24-12-9-10-18(24)15-27-4/h6-7,13-14,18,20H,2-3,5,8-12,15-16H2,1,4H3/t18-,20+/m0/s1. The van der Waals surface area contributed by atoms with E-state index >= 15 is 0 Å². The average molecular weight is 401 g/mol. The van der Waals surface area contributed by atoms with E-state index in [4.69, 9.17) is 14.2 Å². The Kier molecular flexibility index (Phi) is 7.34. The molecule has 6 heteroatoms. The van der Waals surface area contributed by atoms with E-state index in [0.29, 0.717) is 12.4 Å². The molecule has 1 amide bonds. The summed E-state index contributed by atoms with van der Waals surface area (Å²) in [4.78, 5) is 13.1. The van der Waals surface area contributed by atoms with E-state index in [1.54, 1.807) is 7.11 Å². The second-order valence-corrected chi connectivity index (χ2v) is 7.50. The van der Waals surface area contributed by atoms with Crippen molar-refractivity contribution in [3.05, 3.63) is 42.5 Å². The molecule has 2 aliphatic heterocycles. The Balaban J connectivity index is 2.06. The summed E-state index contributed by atoms with van der Waals surface area (Å²) in [5.41, 5.74) is 1.98. The van der Waals surface area contributed by atoms with Crippen LogP contribution in [0.15, 0.2) is 31.4 Å². The van der Waals surface area contributed by atoms with E-state index in [9.17, 15) is 4.79 Å². The van der Waals surface area contributed by atoms with Gasteiger partial charge in [0.2, 0.25) is 6.79 Å². The number of ether oxygens (including phenoxy) is 3. The van der Waals surface area contributed by atoms with Crippen LogP contribution < -0.4 is 9.47 Å². The van der Waals surface area contributed by atoms with Gasteiger partial charge in [0.05, 0.1) is 18.7 Å². The van der Waals surface area contributed by atoms with Crippen LogP contribution in [0, 0.1) is 0 Å². The molecule has 1 fully saturated rings. The highest BCUT2D eigenvalue weighted by atomic mass is 16.7. The van der Waals surface area contributed by atoms with Gasteiger partial charge in [0.1, 0.15) is 0 Å². The highest BCUT2D eigenvalue weighted by Crippen LogP contribution is 2.41. The van der Waals surface area contributed by atoms with Crippen molar-refractivity contribution in [3.8, 4) is 11.5 Å². The second kappa shape index (κ2) is 9.94. The van der Waals surface area contributed by atoms with Gasteiger partial charge < -0.3 is 14.2 Å². The molecule has 6 nitrogen and oxygen atoms in total. The lowest BCUT2D eigenvalue weighted by molar-refractivity contribution is -0.155. The van der Waals surface area contributed by atoms with Crippen molar-refractivity contribution in [2.24, 2.45) is 0 Å². The number of benzene rings is 1. The van der Waals surface area contributed by atoms with Crippen LogP contribution in [0.3, 0.4) is 0 Å². The number of hydrazine groups is 1. The summed E-state index contributed by atoms with van der Waals surface area (Å²) >= 11 is 0. The van der Waals surface area contributed by atoms with Crippen molar-refractivity contribution < 1.29 is 19.0 Å². The minimum atomic E-state index is -0.139. The van der Waals surface area contributed by atoms with Gasteiger partial charge in [0.15, 0.2) is 11.5 Å². The lowest BCUT2D eigenvalue weighted by atomic mass is 9.94. The predicted molar refractivity (Wildman–Crippen MR) is 114 cm³/mol. The zero-order valence-corrected chi connectivity index (χ0v) is 17.6. The number of unbranched alkanes of at least 4 members (excludes halogenated alkanes) is 1. The SMILES string of the molecule is C=CC(=O)N([C@H](CCCC)c1cc2c(cc1C=C)OCO2)N1CCC[C@H]1COC. The first-order chi connectivity index (χ1) is 14.1. The van der Waals surface area contributed by atoms with Gasteiger partial charge in [-0.1, -0.05) is 39.0 Å². The number of fused-ring (bicyclic) bond motifs is 1. The molecule has 0 aromatic heterocycles. The molecule has 158 valence electrons. The highest BCUT2D eigenvalue weighted by Gasteiger charge is 2.37. The molecule has 0 N–H and O–H groups in total. The van der Waals surface area contributed by atoms with E-state index < -0.39 is 0 Å². The van der Waals surface area contributed by atoms with E-state index in [1.165, 1.54) is 6.08 Å². The average Bonchev–Trinajstić information content (AvgIpc) is 3.38. The zero-order valence-electron chi connectivity index (χ0n) is 17.6. The smallest absolute Gasteiger partial charge is 0.260 e. The van der Waals surface area contributed by atoms with E-state index in [1.807, 2.05) is 23.2 Å². The van der Waals surface area contributed by atoms with Gasteiger partial charge in [-0.2, -0.15) is 0 Å². The summed E-state index contributed by atoms with van der Waals surface area (Å²) in [6, 6.07) is 4.00. The molecule has 0 radical (unpaired) electrons. The molecular weight excluding hydrogens is 368 g/mol. The molecule has 29 heavy (non-hydrogen) atoms. The first-order valence-electron chi connectivity index (χ1n) is 10.4. The van der Waals surface area contributed by atoms with Gasteiger partial charge in [0, 0.05) is 13.7 Å². The summed E-state index contributed by atoms with van der Waals surface area (Å²) in [5, 5.41) is 4.06. The monoisotopic (exact) mass is 400 g/mol. The first kappa shape index (κ1) is 21.4. The summed E-state index contributed by atoms with van der Waals surface area (Å²) in [6.45, 7) is 11.6. The fourth-order valence-corrected chi connectivity index (χ4v) is 4.26. The summed E-state index contributed by atoms with van der Waals surface area (Å²) in [5.74, 6) is 1.34. The van der Waals surface area contributed by atoms with Crippen molar-refractivity contribution in [2.75, 3.05) is 27.1 Å².